The van der Waals surface area contributed by atoms with E-state index in [1.165, 1.54) is 0 Å². The molecule has 1 aliphatic carbocycles. The number of hydrogen-bond donors (Lipinski definition) is 4. The molecule has 0 bridgehead atoms. The van der Waals surface area contributed by atoms with Crippen LogP contribution in [0.15, 0.2) is 0 Å². The Morgan fingerprint density at radius 1 is 1.08 bits per heavy atom. The Labute approximate surface area is 141 Å². The second-order valence-electron chi connectivity index (χ2n) is 6.62. The molecule has 1 saturated carbocycles. The average molecular weight is 341 g/mol. The van der Waals surface area contributed by atoms with Gasteiger partial charge in [-0.15, -0.1) is 0 Å². The van der Waals surface area contributed by atoms with Gasteiger partial charge in [-0.3, -0.25) is 24.5 Å². The maximum Gasteiger partial charge on any atom is 0.305 e. The Hall–Kier alpha value is -1.96. The number of carbonyl (C=O) groups excluding carboxylic acids is 3. The Morgan fingerprint density at radius 2 is 1.67 bits per heavy atom. The molecule has 0 aliphatic heterocycles. The van der Waals surface area contributed by atoms with Gasteiger partial charge >= 0.3 is 5.97 Å². The third kappa shape index (κ3) is 6.27. The number of nitrogens with one attached hydrogen (secondary N) is 2. The Morgan fingerprint density at radius 3 is 2.17 bits per heavy atom. The van der Waals surface area contributed by atoms with Crippen molar-refractivity contribution in [2.24, 2.45) is 17.6 Å². The predicted molar refractivity (Wildman–Crippen MR) is 86.7 cm³/mol. The lowest BCUT2D eigenvalue weighted by atomic mass is 9.88. The fraction of sp³-hybridized carbons (Fsp3) is 0.750. The number of nitrogens with two attached hydrogens (primary N) is 1. The number of carboxylic acids is 1. The molecule has 0 aromatic rings. The summed E-state index contributed by atoms with van der Waals surface area (Å²) in [6, 6.07) is -2.18. The summed E-state index contributed by atoms with van der Waals surface area (Å²) in [5, 5.41) is 13.5. The van der Waals surface area contributed by atoms with E-state index in [9.17, 15) is 19.2 Å². The highest BCUT2D eigenvalue weighted by molar-refractivity contribution is 6.00. The second kappa shape index (κ2) is 9.36. The lowest BCUT2D eigenvalue weighted by Crippen LogP contribution is -2.55. The van der Waals surface area contributed by atoms with Crippen LogP contribution in [0.3, 0.4) is 0 Å². The monoisotopic (exact) mass is 341 g/mol. The molecule has 0 spiro atoms. The van der Waals surface area contributed by atoms with E-state index in [0.717, 1.165) is 32.1 Å². The third-order valence-corrected chi connectivity index (χ3v) is 4.20. The predicted octanol–water partition coefficient (Wildman–Crippen LogP) is 0.152. The number of hydrogen-bond acceptors (Lipinski definition) is 5. The lowest BCUT2D eigenvalue weighted by Gasteiger charge is -2.25. The molecule has 0 unspecified atom stereocenters. The highest BCUT2D eigenvalue weighted by Crippen LogP contribution is 2.23. The first-order valence-electron chi connectivity index (χ1n) is 8.34. The molecule has 136 valence electrons. The summed E-state index contributed by atoms with van der Waals surface area (Å²) in [6.07, 6.45) is 4.05. The molecule has 1 fully saturated rings. The fourth-order valence-electron chi connectivity index (χ4n) is 2.74. The van der Waals surface area contributed by atoms with Gasteiger partial charge in [-0.25, -0.2) is 0 Å². The van der Waals surface area contributed by atoms with Crippen LogP contribution in [-0.4, -0.2) is 40.9 Å². The van der Waals surface area contributed by atoms with Crippen LogP contribution < -0.4 is 16.4 Å². The van der Waals surface area contributed by atoms with E-state index in [1.807, 2.05) is 0 Å². The molecular weight excluding hydrogens is 314 g/mol. The zero-order chi connectivity index (χ0) is 18.3. The summed E-state index contributed by atoms with van der Waals surface area (Å²) in [7, 11) is 0. The van der Waals surface area contributed by atoms with Gasteiger partial charge in [0.15, 0.2) is 0 Å². The van der Waals surface area contributed by atoms with E-state index in [0.29, 0.717) is 0 Å². The molecule has 0 saturated heterocycles. The van der Waals surface area contributed by atoms with Crippen molar-refractivity contribution >= 4 is 23.7 Å². The van der Waals surface area contributed by atoms with Crippen molar-refractivity contribution < 1.29 is 24.3 Å². The highest BCUT2D eigenvalue weighted by atomic mass is 16.4. The van der Waals surface area contributed by atoms with Gasteiger partial charge in [0, 0.05) is 5.92 Å². The van der Waals surface area contributed by atoms with Crippen LogP contribution in [-0.2, 0) is 19.2 Å². The number of amides is 3. The van der Waals surface area contributed by atoms with Crippen LogP contribution in [0, 0.1) is 11.8 Å². The smallest absolute Gasteiger partial charge is 0.305 e. The first kappa shape index (κ1) is 20.1. The zero-order valence-electron chi connectivity index (χ0n) is 14.2. The molecule has 2 atom stereocenters. The van der Waals surface area contributed by atoms with Crippen LogP contribution in [0.5, 0.6) is 0 Å². The highest BCUT2D eigenvalue weighted by Gasteiger charge is 2.30. The lowest BCUT2D eigenvalue weighted by molar-refractivity contribution is -0.140. The van der Waals surface area contributed by atoms with Crippen LogP contribution in [0.2, 0.25) is 0 Å². The fourth-order valence-corrected chi connectivity index (χ4v) is 2.74. The summed E-state index contributed by atoms with van der Waals surface area (Å²) in [4.78, 5) is 47.0. The summed E-state index contributed by atoms with van der Waals surface area (Å²) < 4.78 is 0. The Kier molecular flexibility index (Phi) is 7.84. The minimum Gasteiger partial charge on any atom is -0.481 e. The van der Waals surface area contributed by atoms with E-state index in [-0.39, 0.29) is 17.7 Å². The van der Waals surface area contributed by atoms with Gasteiger partial charge in [-0.05, 0) is 18.8 Å². The number of rotatable bonds is 7. The molecule has 1 rings (SSSR count). The van der Waals surface area contributed by atoms with Crippen LogP contribution >= 0.6 is 0 Å². The summed E-state index contributed by atoms with van der Waals surface area (Å²) in [5.41, 5.74) is 5.49. The SMILES string of the molecule is CC(C)[C@H](NC(=O)[C@@H](N)CC(=O)O)C(=O)NC(=O)C1CCCCC1. The van der Waals surface area contributed by atoms with Crippen LogP contribution in [0.4, 0.5) is 0 Å². The first-order chi connectivity index (χ1) is 11.2. The van der Waals surface area contributed by atoms with Gasteiger partial charge in [-0.1, -0.05) is 33.1 Å². The van der Waals surface area contributed by atoms with Crippen molar-refractivity contribution in [3.8, 4) is 0 Å². The summed E-state index contributed by atoms with van der Waals surface area (Å²) in [5.74, 6) is -3.26. The van der Waals surface area contributed by atoms with Crippen molar-refractivity contribution in [1.82, 2.24) is 10.6 Å². The molecule has 0 aromatic carbocycles. The van der Waals surface area contributed by atoms with Crippen molar-refractivity contribution in [3.63, 3.8) is 0 Å². The van der Waals surface area contributed by atoms with E-state index < -0.39 is 36.3 Å². The number of carboxylic acid groups (broad SMARTS) is 1. The van der Waals surface area contributed by atoms with Crippen molar-refractivity contribution in [1.29, 1.82) is 0 Å². The third-order valence-electron chi connectivity index (χ3n) is 4.20. The molecule has 24 heavy (non-hydrogen) atoms. The molecule has 0 radical (unpaired) electrons. The molecule has 8 nitrogen and oxygen atoms in total. The van der Waals surface area contributed by atoms with E-state index >= 15 is 0 Å². The largest absolute Gasteiger partial charge is 0.481 e. The topological polar surface area (TPSA) is 139 Å². The van der Waals surface area contributed by atoms with E-state index in [2.05, 4.69) is 10.6 Å². The molecular formula is C16H27N3O5. The second-order valence-corrected chi connectivity index (χ2v) is 6.62. The van der Waals surface area contributed by atoms with Crippen LogP contribution in [0.1, 0.15) is 52.4 Å². The minimum atomic E-state index is -1.24. The number of imide groups is 1. The Balaban J connectivity index is 2.62. The van der Waals surface area contributed by atoms with E-state index in [1.54, 1.807) is 13.8 Å². The van der Waals surface area contributed by atoms with Gasteiger partial charge in [0.1, 0.15) is 6.04 Å². The summed E-state index contributed by atoms with van der Waals surface area (Å²) >= 11 is 0. The normalized spacial score (nSPS) is 17.8. The van der Waals surface area contributed by atoms with Gasteiger partial charge < -0.3 is 16.2 Å². The quantitative estimate of drug-likeness (QED) is 0.520. The van der Waals surface area contributed by atoms with Crippen molar-refractivity contribution in [2.75, 3.05) is 0 Å². The molecule has 0 heterocycles. The zero-order valence-corrected chi connectivity index (χ0v) is 14.2. The summed E-state index contributed by atoms with van der Waals surface area (Å²) in [6.45, 7) is 3.44. The average Bonchev–Trinajstić information content (AvgIpc) is 2.51. The molecule has 5 N–H and O–H groups in total. The Bertz CT molecular complexity index is 486. The molecule has 3 amide bonds. The first-order valence-corrected chi connectivity index (χ1v) is 8.34. The van der Waals surface area contributed by atoms with Gasteiger partial charge in [0.2, 0.25) is 17.7 Å². The van der Waals surface area contributed by atoms with Crippen molar-refractivity contribution in [3.05, 3.63) is 0 Å². The van der Waals surface area contributed by atoms with Gasteiger partial charge in [0.05, 0.1) is 12.5 Å². The molecule has 8 heteroatoms. The van der Waals surface area contributed by atoms with E-state index in [4.69, 9.17) is 10.8 Å². The van der Waals surface area contributed by atoms with Crippen molar-refractivity contribution in [2.45, 2.75) is 64.5 Å². The maximum absolute atomic E-state index is 12.3. The van der Waals surface area contributed by atoms with Crippen LogP contribution in [0.25, 0.3) is 0 Å². The standard InChI is InChI=1S/C16H27N3O5/c1-9(2)13(18-15(23)11(17)8-12(20)21)16(24)19-14(22)10-6-4-3-5-7-10/h9-11,13H,3-8,17H2,1-2H3,(H,18,23)(H,20,21)(H,19,22,24)/t11-,13-/m0/s1. The molecule has 1 aliphatic rings. The van der Waals surface area contributed by atoms with Gasteiger partial charge in [-0.2, -0.15) is 0 Å². The number of carbonyl (C=O) groups is 4. The van der Waals surface area contributed by atoms with Gasteiger partial charge in [0.25, 0.3) is 0 Å². The number of aliphatic carboxylic acids is 1. The molecule has 0 aromatic heterocycles. The minimum absolute atomic E-state index is 0.166. The maximum atomic E-state index is 12.3.